The SMILES string of the molecule is O=c1cnc2c(Cl)c(Br)ccc2[nH]1. The lowest BCUT2D eigenvalue weighted by atomic mass is 10.3. The predicted molar refractivity (Wildman–Crippen MR) is 55.1 cm³/mol. The standard InChI is InChI=1S/C8H4BrClN2O/c9-4-1-2-5-8(7(4)10)11-3-6(13)12-5/h1-3H,(H,12,13). The minimum Gasteiger partial charge on any atom is -0.319 e. The number of fused-ring (bicyclic) bond motifs is 1. The molecular weight excluding hydrogens is 255 g/mol. The molecule has 1 N–H and O–H groups in total. The molecule has 0 unspecified atom stereocenters. The topological polar surface area (TPSA) is 45.8 Å². The van der Waals surface area contributed by atoms with E-state index in [0.29, 0.717) is 16.1 Å². The van der Waals surface area contributed by atoms with Gasteiger partial charge in [-0.1, -0.05) is 11.6 Å². The summed E-state index contributed by atoms with van der Waals surface area (Å²) in [7, 11) is 0. The van der Waals surface area contributed by atoms with Crippen LogP contribution in [0.1, 0.15) is 0 Å². The van der Waals surface area contributed by atoms with Crippen LogP contribution in [0.4, 0.5) is 0 Å². The van der Waals surface area contributed by atoms with E-state index in [0.717, 1.165) is 4.47 Å². The molecule has 0 atom stereocenters. The third kappa shape index (κ3) is 1.47. The maximum absolute atomic E-state index is 10.9. The van der Waals surface area contributed by atoms with Gasteiger partial charge in [-0.15, -0.1) is 0 Å². The van der Waals surface area contributed by atoms with E-state index in [1.165, 1.54) is 6.20 Å². The highest BCUT2D eigenvalue weighted by Crippen LogP contribution is 2.27. The summed E-state index contributed by atoms with van der Waals surface area (Å²) in [6.45, 7) is 0. The van der Waals surface area contributed by atoms with Crippen LogP contribution >= 0.6 is 27.5 Å². The molecule has 1 heterocycles. The molecule has 1 aromatic heterocycles. The van der Waals surface area contributed by atoms with Gasteiger partial charge in [0.15, 0.2) is 0 Å². The molecule has 5 heteroatoms. The van der Waals surface area contributed by atoms with E-state index in [4.69, 9.17) is 11.6 Å². The van der Waals surface area contributed by atoms with Crippen LogP contribution in [0.15, 0.2) is 27.6 Å². The normalized spacial score (nSPS) is 10.6. The zero-order chi connectivity index (χ0) is 9.42. The van der Waals surface area contributed by atoms with Gasteiger partial charge in [-0.3, -0.25) is 4.79 Å². The number of H-pyrrole nitrogens is 1. The van der Waals surface area contributed by atoms with E-state index < -0.39 is 0 Å². The molecule has 0 bridgehead atoms. The summed E-state index contributed by atoms with van der Waals surface area (Å²) in [5, 5.41) is 0.508. The zero-order valence-electron chi connectivity index (χ0n) is 6.34. The van der Waals surface area contributed by atoms with Gasteiger partial charge in [-0.05, 0) is 28.1 Å². The molecule has 1 aromatic carbocycles. The lowest BCUT2D eigenvalue weighted by Gasteiger charge is -1.99. The van der Waals surface area contributed by atoms with E-state index in [1.807, 2.05) is 0 Å². The molecule has 0 aliphatic heterocycles. The molecule has 13 heavy (non-hydrogen) atoms. The largest absolute Gasteiger partial charge is 0.319 e. The third-order valence-corrected chi connectivity index (χ3v) is 2.91. The minimum atomic E-state index is -0.231. The Balaban J connectivity index is 2.95. The molecule has 0 amide bonds. The second-order valence-corrected chi connectivity index (χ2v) is 3.74. The van der Waals surface area contributed by atoms with Crippen molar-refractivity contribution in [2.75, 3.05) is 0 Å². The van der Waals surface area contributed by atoms with E-state index in [2.05, 4.69) is 25.9 Å². The molecule has 2 rings (SSSR count). The van der Waals surface area contributed by atoms with Crippen molar-refractivity contribution in [2.24, 2.45) is 0 Å². The number of hydrogen-bond donors (Lipinski definition) is 1. The Labute approximate surface area is 86.9 Å². The Hall–Kier alpha value is -0.870. The lowest BCUT2D eigenvalue weighted by molar-refractivity contribution is 1.22. The first-order valence-electron chi connectivity index (χ1n) is 3.51. The van der Waals surface area contributed by atoms with Gasteiger partial charge in [-0.25, -0.2) is 4.98 Å². The smallest absolute Gasteiger partial charge is 0.266 e. The second kappa shape index (κ2) is 3.12. The molecule has 2 aromatic rings. The third-order valence-electron chi connectivity index (χ3n) is 1.64. The quantitative estimate of drug-likeness (QED) is 0.789. The van der Waals surface area contributed by atoms with Gasteiger partial charge in [0.25, 0.3) is 5.56 Å². The van der Waals surface area contributed by atoms with E-state index in [-0.39, 0.29) is 5.56 Å². The lowest BCUT2D eigenvalue weighted by Crippen LogP contribution is -2.04. The number of aromatic amines is 1. The van der Waals surface area contributed by atoms with E-state index in [9.17, 15) is 4.79 Å². The van der Waals surface area contributed by atoms with Crippen LogP contribution in [0, 0.1) is 0 Å². The number of halogens is 2. The van der Waals surface area contributed by atoms with Crippen molar-refractivity contribution in [3.63, 3.8) is 0 Å². The van der Waals surface area contributed by atoms with Crippen LogP contribution in [0.2, 0.25) is 5.02 Å². The van der Waals surface area contributed by atoms with Crippen molar-refractivity contribution in [3.05, 3.63) is 38.2 Å². The first-order valence-corrected chi connectivity index (χ1v) is 4.68. The fourth-order valence-electron chi connectivity index (χ4n) is 1.06. The molecule has 0 saturated carbocycles. The van der Waals surface area contributed by atoms with E-state index in [1.54, 1.807) is 12.1 Å². The molecule has 0 spiro atoms. The molecule has 0 aliphatic carbocycles. The van der Waals surface area contributed by atoms with Gasteiger partial charge in [0, 0.05) is 4.47 Å². The first-order chi connectivity index (χ1) is 6.18. The van der Waals surface area contributed by atoms with Gasteiger partial charge >= 0.3 is 0 Å². The molecule has 0 radical (unpaired) electrons. The fraction of sp³-hybridized carbons (Fsp3) is 0. The summed E-state index contributed by atoms with van der Waals surface area (Å²) in [5.41, 5.74) is 1.00. The summed E-state index contributed by atoms with van der Waals surface area (Å²) >= 11 is 9.22. The van der Waals surface area contributed by atoms with Crippen molar-refractivity contribution in [1.82, 2.24) is 9.97 Å². The molecule has 0 saturated heterocycles. The Bertz CT molecular complexity index is 523. The van der Waals surface area contributed by atoms with Crippen molar-refractivity contribution >= 4 is 38.6 Å². The van der Waals surface area contributed by atoms with Crippen LogP contribution < -0.4 is 5.56 Å². The Morgan fingerprint density at radius 2 is 2.23 bits per heavy atom. The average molecular weight is 259 g/mol. The van der Waals surface area contributed by atoms with Gasteiger partial charge < -0.3 is 4.98 Å². The van der Waals surface area contributed by atoms with Gasteiger partial charge in [0.05, 0.1) is 16.7 Å². The molecule has 3 nitrogen and oxygen atoms in total. The summed E-state index contributed by atoms with van der Waals surface area (Å²) in [6, 6.07) is 3.52. The predicted octanol–water partition coefficient (Wildman–Crippen LogP) is 2.34. The zero-order valence-corrected chi connectivity index (χ0v) is 8.69. The van der Waals surface area contributed by atoms with Crippen molar-refractivity contribution < 1.29 is 0 Å². The van der Waals surface area contributed by atoms with Crippen LogP contribution in [-0.4, -0.2) is 9.97 Å². The Kier molecular flexibility index (Phi) is 2.09. The van der Waals surface area contributed by atoms with Crippen LogP contribution in [0.5, 0.6) is 0 Å². The first kappa shape index (κ1) is 8.72. The number of aromatic nitrogens is 2. The van der Waals surface area contributed by atoms with Crippen LogP contribution in [0.3, 0.4) is 0 Å². The van der Waals surface area contributed by atoms with Gasteiger partial charge in [0.1, 0.15) is 5.52 Å². The molecule has 0 fully saturated rings. The fourth-order valence-corrected chi connectivity index (χ4v) is 1.59. The number of benzene rings is 1. The Morgan fingerprint density at radius 1 is 1.46 bits per heavy atom. The summed E-state index contributed by atoms with van der Waals surface area (Å²) in [5.74, 6) is 0. The Morgan fingerprint density at radius 3 is 3.00 bits per heavy atom. The van der Waals surface area contributed by atoms with Crippen LogP contribution in [-0.2, 0) is 0 Å². The summed E-state index contributed by atoms with van der Waals surface area (Å²) in [6.07, 6.45) is 1.21. The number of hydrogen-bond acceptors (Lipinski definition) is 2. The van der Waals surface area contributed by atoms with Crippen molar-refractivity contribution in [1.29, 1.82) is 0 Å². The second-order valence-electron chi connectivity index (χ2n) is 2.50. The molecular formula is C8H4BrClN2O. The highest BCUT2D eigenvalue weighted by molar-refractivity contribution is 9.10. The highest BCUT2D eigenvalue weighted by Gasteiger charge is 2.04. The summed E-state index contributed by atoms with van der Waals surface area (Å²) < 4.78 is 0.765. The monoisotopic (exact) mass is 258 g/mol. The number of nitrogens with zero attached hydrogens (tertiary/aromatic N) is 1. The van der Waals surface area contributed by atoms with Gasteiger partial charge in [-0.2, -0.15) is 0 Å². The highest BCUT2D eigenvalue weighted by atomic mass is 79.9. The molecule has 0 aliphatic rings. The average Bonchev–Trinajstić information content (AvgIpc) is 2.12. The van der Waals surface area contributed by atoms with E-state index >= 15 is 0 Å². The maximum Gasteiger partial charge on any atom is 0.266 e. The molecule has 66 valence electrons. The summed E-state index contributed by atoms with van der Waals surface area (Å²) in [4.78, 5) is 17.5. The maximum atomic E-state index is 10.9. The van der Waals surface area contributed by atoms with Gasteiger partial charge in [0.2, 0.25) is 0 Å². The van der Waals surface area contributed by atoms with Crippen molar-refractivity contribution in [2.45, 2.75) is 0 Å². The minimum absolute atomic E-state index is 0.231. The number of nitrogens with one attached hydrogen (secondary N) is 1. The van der Waals surface area contributed by atoms with Crippen molar-refractivity contribution in [3.8, 4) is 0 Å². The van der Waals surface area contributed by atoms with Crippen LogP contribution in [0.25, 0.3) is 11.0 Å². The number of rotatable bonds is 0.